The average Bonchev–Trinajstić information content (AvgIpc) is 3.13. The molecular weight excluding hydrogens is 330 g/mol. The number of hydrogen-bond donors (Lipinski definition) is 0. The monoisotopic (exact) mass is 342 g/mol. The summed E-state index contributed by atoms with van der Waals surface area (Å²) in [5.41, 5.74) is 2.27. The number of fused-ring (bicyclic) bond motifs is 1. The van der Waals surface area contributed by atoms with Gasteiger partial charge in [0, 0.05) is 11.8 Å². The third-order valence-electron chi connectivity index (χ3n) is 3.97. The Morgan fingerprint density at radius 3 is 2.76 bits per heavy atom. The minimum Gasteiger partial charge on any atom is -0.337 e. The summed E-state index contributed by atoms with van der Waals surface area (Å²) >= 11 is 0. The number of hydrogen-bond acceptors (Lipinski definition) is 5. The number of pyridine rings is 1. The SMILES string of the molecule is Cc1noc(CN2C(=O)Cc3ncc(-c4ccc(F)c(F)c4)cc32)n1. The van der Waals surface area contributed by atoms with Gasteiger partial charge in [0.15, 0.2) is 17.5 Å². The molecule has 6 nitrogen and oxygen atoms in total. The zero-order chi connectivity index (χ0) is 17.6. The van der Waals surface area contributed by atoms with E-state index in [1.807, 2.05) is 0 Å². The average molecular weight is 342 g/mol. The van der Waals surface area contributed by atoms with E-state index >= 15 is 0 Å². The van der Waals surface area contributed by atoms with E-state index in [0.29, 0.717) is 34.2 Å². The van der Waals surface area contributed by atoms with Crippen molar-refractivity contribution in [3.05, 3.63) is 59.5 Å². The van der Waals surface area contributed by atoms with E-state index in [1.165, 1.54) is 11.0 Å². The highest BCUT2D eigenvalue weighted by Crippen LogP contribution is 2.33. The fourth-order valence-electron chi connectivity index (χ4n) is 2.77. The van der Waals surface area contributed by atoms with Crippen molar-refractivity contribution in [2.24, 2.45) is 0 Å². The Bertz CT molecular complexity index is 987. The van der Waals surface area contributed by atoms with Gasteiger partial charge in [-0.3, -0.25) is 9.78 Å². The number of benzene rings is 1. The van der Waals surface area contributed by atoms with Gasteiger partial charge in [-0.25, -0.2) is 8.78 Å². The van der Waals surface area contributed by atoms with Crippen molar-refractivity contribution >= 4 is 11.6 Å². The minimum atomic E-state index is -0.938. The molecule has 1 aliphatic heterocycles. The highest BCUT2D eigenvalue weighted by molar-refractivity contribution is 6.01. The zero-order valence-corrected chi connectivity index (χ0v) is 13.2. The second-order valence-electron chi connectivity index (χ2n) is 5.71. The molecule has 126 valence electrons. The molecule has 0 fully saturated rings. The molecule has 1 amide bonds. The van der Waals surface area contributed by atoms with Gasteiger partial charge < -0.3 is 9.42 Å². The Morgan fingerprint density at radius 2 is 2.04 bits per heavy atom. The van der Waals surface area contributed by atoms with Crippen molar-refractivity contribution in [1.29, 1.82) is 0 Å². The van der Waals surface area contributed by atoms with Gasteiger partial charge in [-0.15, -0.1) is 0 Å². The van der Waals surface area contributed by atoms with E-state index in [0.717, 1.165) is 12.1 Å². The summed E-state index contributed by atoms with van der Waals surface area (Å²) in [6.07, 6.45) is 1.71. The predicted octanol–water partition coefficient (Wildman–Crippen LogP) is 2.81. The van der Waals surface area contributed by atoms with Gasteiger partial charge in [-0.05, 0) is 30.7 Å². The number of anilines is 1. The van der Waals surface area contributed by atoms with Crippen LogP contribution in [0.3, 0.4) is 0 Å². The number of halogens is 2. The maximum absolute atomic E-state index is 13.5. The Balaban J connectivity index is 1.71. The number of rotatable bonds is 3. The molecule has 0 saturated carbocycles. The number of carbonyl (C=O) groups excluding carboxylic acids is 1. The fraction of sp³-hybridized carbons (Fsp3) is 0.176. The van der Waals surface area contributed by atoms with E-state index < -0.39 is 11.6 Å². The number of amides is 1. The third-order valence-corrected chi connectivity index (χ3v) is 3.97. The molecule has 25 heavy (non-hydrogen) atoms. The molecule has 2 aromatic heterocycles. The van der Waals surface area contributed by atoms with Crippen molar-refractivity contribution in [2.45, 2.75) is 19.9 Å². The van der Waals surface area contributed by atoms with Crippen LogP contribution in [0.15, 0.2) is 35.0 Å². The highest BCUT2D eigenvalue weighted by Gasteiger charge is 2.30. The Hall–Kier alpha value is -3.16. The number of aryl methyl sites for hydroxylation is 1. The normalized spacial score (nSPS) is 13.4. The molecule has 0 N–H and O–H groups in total. The molecule has 3 heterocycles. The Labute approximate surface area is 141 Å². The Morgan fingerprint density at radius 1 is 1.20 bits per heavy atom. The lowest BCUT2D eigenvalue weighted by atomic mass is 10.1. The van der Waals surface area contributed by atoms with E-state index in [1.54, 1.807) is 19.2 Å². The van der Waals surface area contributed by atoms with Crippen LogP contribution in [0.4, 0.5) is 14.5 Å². The van der Waals surface area contributed by atoms with Crippen LogP contribution < -0.4 is 4.90 Å². The Kier molecular flexibility index (Phi) is 3.52. The van der Waals surface area contributed by atoms with Crippen molar-refractivity contribution in [1.82, 2.24) is 15.1 Å². The minimum absolute atomic E-state index is 0.135. The lowest BCUT2D eigenvalue weighted by molar-refractivity contribution is -0.117. The van der Waals surface area contributed by atoms with E-state index in [-0.39, 0.29) is 18.9 Å². The second-order valence-corrected chi connectivity index (χ2v) is 5.71. The summed E-state index contributed by atoms with van der Waals surface area (Å²) in [5, 5.41) is 3.71. The summed E-state index contributed by atoms with van der Waals surface area (Å²) in [6.45, 7) is 1.82. The summed E-state index contributed by atoms with van der Waals surface area (Å²) in [7, 11) is 0. The lowest BCUT2D eigenvalue weighted by Gasteiger charge is -2.15. The fourth-order valence-corrected chi connectivity index (χ4v) is 2.77. The van der Waals surface area contributed by atoms with Gasteiger partial charge >= 0.3 is 0 Å². The molecule has 0 bridgehead atoms. The first-order valence-electron chi connectivity index (χ1n) is 7.55. The molecule has 0 radical (unpaired) electrons. The highest BCUT2D eigenvalue weighted by atomic mass is 19.2. The number of carbonyl (C=O) groups is 1. The van der Waals surface area contributed by atoms with Crippen molar-refractivity contribution in [2.75, 3.05) is 4.90 Å². The van der Waals surface area contributed by atoms with E-state index in [2.05, 4.69) is 15.1 Å². The molecule has 8 heteroatoms. The van der Waals surface area contributed by atoms with Crippen molar-refractivity contribution < 1.29 is 18.1 Å². The summed E-state index contributed by atoms with van der Waals surface area (Å²) in [6, 6.07) is 5.34. The van der Waals surface area contributed by atoms with Crippen LogP contribution in [0, 0.1) is 18.6 Å². The molecule has 0 atom stereocenters. The molecular formula is C17H12F2N4O2. The van der Waals surface area contributed by atoms with Gasteiger partial charge in [0.1, 0.15) is 6.54 Å². The quantitative estimate of drug-likeness (QED) is 0.732. The molecule has 0 spiro atoms. The standard InChI is InChI=1S/C17H12F2N4O2/c1-9-21-16(25-22-9)8-23-15-5-11(7-20-14(15)6-17(23)24)10-2-3-12(18)13(19)4-10/h2-5,7H,6,8H2,1H3. The van der Waals surface area contributed by atoms with Crippen molar-refractivity contribution in [3.63, 3.8) is 0 Å². The van der Waals surface area contributed by atoms with Crippen LogP contribution in [0.1, 0.15) is 17.4 Å². The molecule has 1 aliphatic rings. The molecule has 1 aromatic carbocycles. The maximum atomic E-state index is 13.5. The van der Waals surface area contributed by atoms with Crippen LogP contribution >= 0.6 is 0 Å². The van der Waals surface area contributed by atoms with Crippen LogP contribution in [0.5, 0.6) is 0 Å². The number of aromatic nitrogens is 3. The predicted molar refractivity (Wildman–Crippen MR) is 83.5 cm³/mol. The smallest absolute Gasteiger partial charge is 0.246 e. The van der Waals surface area contributed by atoms with E-state index in [9.17, 15) is 13.6 Å². The van der Waals surface area contributed by atoms with Crippen LogP contribution in [0.2, 0.25) is 0 Å². The first kappa shape index (κ1) is 15.4. The largest absolute Gasteiger partial charge is 0.337 e. The van der Waals surface area contributed by atoms with Gasteiger partial charge in [0.2, 0.25) is 11.8 Å². The molecule has 3 aromatic rings. The van der Waals surface area contributed by atoms with Crippen LogP contribution in [0.25, 0.3) is 11.1 Å². The topological polar surface area (TPSA) is 72.1 Å². The maximum Gasteiger partial charge on any atom is 0.246 e. The molecule has 0 aliphatic carbocycles. The third kappa shape index (κ3) is 2.75. The van der Waals surface area contributed by atoms with Crippen molar-refractivity contribution in [3.8, 4) is 11.1 Å². The van der Waals surface area contributed by atoms with Gasteiger partial charge in [-0.1, -0.05) is 11.2 Å². The molecule has 0 saturated heterocycles. The van der Waals surface area contributed by atoms with E-state index in [4.69, 9.17) is 4.52 Å². The van der Waals surface area contributed by atoms with Crippen LogP contribution in [-0.4, -0.2) is 21.0 Å². The van der Waals surface area contributed by atoms with Crippen LogP contribution in [-0.2, 0) is 17.8 Å². The first-order chi connectivity index (χ1) is 12.0. The van der Waals surface area contributed by atoms with Gasteiger partial charge in [0.05, 0.1) is 17.8 Å². The first-order valence-corrected chi connectivity index (χ1v) is 7.55. The summed E-state index contributed by atoms with van der Waals surface area (Å²) < 4.78 is 31.7. The molecule has 0 unspecified atom stereocenters. The second kappa shape index (κ2) is 5.73. The summed E-state index contributed by atoms with van der Waals surface area (Å²) in [4.78, 5) is 22.2. The van der Waals surface area contributed by atoms with Gasteiger partial charge in [0.25, 0.3) is 0 Å². The zero-order valence-electron chi connectivity index (χ0n) is 13.2. The molecule has 4 rings (SSSR count). The summed E-state index contributed by atoms with van der Waals surface area (Å²) in [5.74, 6) is -1.19. The lowest BCUT2D eigenvalue weighted by Crippen LogP contribution is -2.26. The number of nitrogens with zero attached hydrogens (tertiary/aromatic N) is 4. The van der Waals surface area contributed by atoms with Gasteiger partial charge in [-0.2, -0.15) is 4.98 Å².